The number of benzene rings is 2. The molecular formula is C32H40N4O5Si. The summed E-state index contributed by atoms with van der Waals surface area (Å²) in [5, 5.41) is 11.7. The van der Waals surface area contributed by atoms with E-state index in [0.29, 0.717) is 25.0 Å². The minimum absolute atomic E-state index is 0.166. The van der Waals surface area contributed by atoms with Crippen LogP contribution >= 0.6 is 0 Å². The molecule has 5 rings (SSSR count). The SMILES string of the molecule is COc1cc(C#N)nc(N(C)[C@H]2CO[C@H](CO[Si](c3ccccc3)(c3ccccc3)C(C)(C)C)[C@@H]3OC(C)(C)O[C@@H]32)n1. The second-order valence-corrected chi connectivity index (χ2v) is 16.6. The zero-order valence-electron chi connectivity index (χ0n) is 25.4. The fourth-order valence-electron chi connectivity index (χ4n) is 6.14. The van der Waals surface area contributed by atoms with Gasteiger partial charge in [-0.3, -0.25) is 0 Å². The van der Waals surface area contributed by atoms with Crippen molar-refractivity contribution in [1.82, 2.24) is 9.97 Å². The van der Waals surface area contributed by atoms with Crippen molar-refractivity contribution < 1.29 is 23.4 Å². The topological polar surface area (TPSA) is 99.0 Å². The number of likely N-dealkylation sites (N-methyl/N-ethyl adjacent to an activating group) is 1. The Morgan fingerprint density at radius 3 is 2.14 bits per heavy atom. The molecule has 42 heavy (non-hydrogen) atoms. The molecule has 10 heteroatoms. The molecule has 0 bridgehead atoms. The number of nitriles is 1. The zero-order valence-corrected chi connectivity index (χ0v) is 26.4. The molecule has 2 saturated heterocycles. The Bertz CT molecular complexity index is 1370. The summed E-state index contributed by atoms with van der Waals surface area (Å²) in [7, 11) is 0.607. The number of hydrogen-bond acceptors (Lipinski definition) is 9. The first-order valence-corrected chi connectivity index (χ1v) is 16.2. The second-order valence-electron chi connectivity index (χ2n) is 12.3. The molecule has 4 atom stereocenters. The van der Waals surface area contributed by atoms with Crippen molar-refractivity contribution in [2.45, 2.75) is 69.8 Å². The van der Waals surface area contributed by atoms with Gasteiger partial charge in [0.25, 0.3) is 8.32 Å². The highest BCUT2D eigenvalue weighted by atomic mass is 28.4. The fraction of sp³-hybridized carbons (Fsp3) is 0.469. The quantitative estimate of drug-likeness (QED) is 0.365. The lowest BCUT2D eigenvalue weighted by atomic mass is 9.97. The Kier molecular flexibility index (Phi) is 8.43. The molecule has 2 aliphatic rings. The van der Waals surface area contributed by atoms with E-state index in [1.165, 1.54) is 23.5 Å². The third-order valence-electron chi connectivity index (χ3n) is 8.10. The van der Waals surface area contributed by atoms with Crippen LogP contribution in [-0.4, -0.2) is 75.8 Å². The number of methoxy groups -OCH3 is 1. The van der Waals surface area contributed by atoms with Crippen molar-refractivity contribution in [3.63, 3.8) is 0 Å². The van der Waals surface area contributed by atoms with E-state index in [9.17, 15) is 5.26 Å². The lowest BCUT2D eigenvalue weighted by Crippen LogP contribution is -2.68. The van der Waals surface area contributed by atoms with Crippen LogP contribution in [0, 0.1) is 11.3 Å². The van der Waals surface area contributed by atoms with Crippen LogP contribution < -0.4 is 20.0 Å². The third kappa shape index (κ3) is 5.67. The summed E-state index contributed by atoms with van der Waals surface area (Å²) in [4.78, 5) is 10.8. The van der Waals surface area contributed by atoms with Crippen molar-refractivity contribution in [3.05, 3.63) is 72.4 Å². The Morgan fingerprint density at radius 2 is 1.60 bits per heavy atom. The van der Waals surface area contributed by atoms with Crippen LogP contribution in [-0.2, 0) is 18.6 Å². The van der Waals surface area contributed by atoms with Gasteiger partial charge in [0, 0.05) is 13.1 Å². The predicted octanol–water partition coefficient (Wildman–Crippen LogP) is 3.66. The van der Waals surface area contributed by atoms with E-state index in [1.54, 1.807) is 0 Å². The van der Waals surface area contributed by atoms with Crippen LogP contribution in [0.25, 0.3) is 0 Å². The first-order valence-electron chi connectivity index (χ1n) is 14.3. The summed E-state index contributed by atoms with van der Waals surface area (Å²) in [6.45, 7) is 11.3. The summed E-state index contributed by atoms with van der Waals surface area (Å²) in [6, 6.07) is 24.5. The fourth-order valence-corrected chi connectivity index (χ4v) is 10.7. The third-order valence-corrected chi connectivity index (χ3v) is 13.1. The van der Waals surface area contributed by atoms with Gasteiger partial charge in [0.05, 0.1) is 26.4 Å². The van der Waals surface area contributed by atoms with Crippen molar-refractivity contribution in [1.29, 1.82) is 5.26 Å². The Morgan fingerprint density at radius 1 is 1.00 bits per heavy atom. The standard InChI is InChI=1S/C32H40N4O5Si/c1-31(2,3)42(23-14-10-8-11-15-23,24-16-12-9-13-17-24)39-21-26-29-28(40-32(4,5)41-29)25(20-38-26)36(6)30-34-22(19-33)18-27(35-30)37-7/h8-18,25-26,28-29H,20-21H2,1-7H3/t25-,26+,28+,29-/m0/s1. The molecule has 3 aromatic rings. The van der Waals surface area contributed by atoms with Crippen LogP contribution in [0.3, 0.4) is 0 Å². The molecular weight excluding hydrogens is 548 g/mol. The highest BCUT2D eigenvalue weighted by molar-refractivity contribution is 6.99. The average Bonchev–Trinajstić information content (AvgIpc) is 3.32. The molecule has 0 saturated carbocycles. The number of ether oxygens (including phenoxy) is 4. The van der Waals surface area contributed by atoms with E-state index < -0.39 is 14.1 Å². The first kappa shape index (κ1) is 30.1. The molecule has 2 aromatic carbocycles. The average molecular weight is 589 g/mol. The molecule has 0 spiro atoms. The molecule has 222 valence electrons. The number of rotatable bonds is 8. The Balaban J connectivity index is 1.45. The molecule has 0 radical (unpaired) electrons. The van der Waals surface area contributed by atoms with Gasteiger partial charge in [-0.05, 0) is 29.3 Å². The van der Waals surface area contributed by atoms with Gasteiger partial charge in [-0.2, -0.15) is 10.2 Å². The van der Waals surface area contributed by atoms with Gasteiger partial charge >= 0.3 is 0 Å². The van der Waals surface area contributed by atoms with Gasteiger partial charge in [-0.1, -0.05) is 81.4 Å². The van der Waals surface area contributed by atoms with Crippen molar-refractivity contribution >= 4 is 24.6 Å². The van der Waals surface area contributed by atoms with Crippen LogP contribution in [0.4, 0.5) is 5.95 Å². The van der Waals surface area contributed by atoms with E-state index in [1.807, 2.05) is 37.9 Å². The van der Waals surface area contributed by atoms with Gasteiger partial charge in [-0.15, -0.1) is 0 Å². The summed E-state index contributed by atoms with van der Waals surface area (Å²) >= 11 is 0. The maximum absolute atomic E-state index is 9.48. The lowest BCUT2D eigenvalue weighted by molar-refractivity contribution is -0.156. The zero-order chi connectivity index (χ0) is 30.1. The van der Waals surface area contributed by atoms with Crippen LogP contribution in [0.15, 0.2) is 66.7 Å². The second kappa shape index (κ2) is 11.7. The summed E-state index contributed by atoms with van der Waals surface area (Å²) in [5.41, 5.74) is 0.220. The van der Waals surface area contributed by atoms with Gasteiger partial charge in [0.15, 0.2) is 5.79 Å². The van der Waals surface area contributed by atoms with E-state index in [4.69, 9.17) is 23.4 Å². The molecule has 2 fully saturated rings. The monoisotopic (exact) mass is 588 g/mol. The molecule has 0 amide bonds. The largest absolute Gasteiger partial charge is 0.481 e. The minimum atomic E-state index is -2.78. The van der Waals surface area contributed by atoms with Gasteiger partial charge in [0.2, 0.25) is 11.8 Å². The summed E-state index contributed by atoms with van der Waals surface area (Å²) in [5.74, 6) is -0.143. The van der Waals surface area contributed by atoms with E-state index in [-0.39, 0.29) is 35.1 Å². The molecule has 0 unspecified atom stereocenters. The van der Waals surface area contributed by atoms with E-state index in [0.717, 1.165) is 0 Å². The number of anilines is 1. The molecule has 9 nitrogen and oxygen atoms in total. The highest BCUT2D eigenvalue weighted by Gasteiger charge is 2.55. The van der Waals surface area contributed by atoms with Crippen LogP contribution in [0.5, 0.6) is 5.88 Å². The smallest absolute Gasteiger partial charge is 0.261 e. The molecule has 0 N–H and O–H groups in total. The lowest BCUT2D eigenvalue weighted by Gasteiger charge is -2.45. The van der Waals surface area contributed by atoms with E-state index >= 15 is 0 Å². The maximum atomic E-state index is 9.48. The Labute approximate surface area is 249 Å². The molecule has 3 heterocycles. The van der Waals surface area contributed by atoms with Crippen molar-refractivity contribution in [2.24, 2.45) is 0 Å². The first-order chi connectivity index (χ1) is 20.0. The Hall–Kier alpha value is -3.33. The minimum Gasteiger partial charge on any atom is -0.481 e. The van der Waals surface area contributed by atoms with Gasteiger partial charge in [-0.25, -0.2) is 4.98 Å². The summed E-state index contributed by atoms with van der Waals surface area (Å²) in [6.07, 6.45) is -1.09. The highest BCUT2D eigenvalue weighted by Crippen LogP contribution is 2.40. The van der Waals surface area contributed by atoms with Gasteiger partial charge < -0.3 is 28.3 Å². The van der Waals surface area contributed by atoms with Crippen LogP contribution in [0.2, 0.25) is 5.04 Å². The maximum Gasteiger partial charge on any atom is 0.261 e. The van der Waals surface area contributed by atoms with Gasteiger partial charge in [0.1, 0.15) is 30.1 Å². The number of hydrogen-bond donors (Lipinski definition) is 0. The normalized spacial score (nSPS) is 23.6. The number of aromatic nitrogens is 2. The number of fused-ring (bicyclic) bond motifs is 1. The molecule has 1 aromatic heterocycles. The number of nitrogens with zero attached hydrogens (tertiary/aromatic N) is 4. The molecule has 0 aliphatic carbocycles. The molecule has 2 aliphatic heterocycles. The van der Waals surface area contributed by atoms with E-state index in [2.05, 4.69) is 85.3 Å². The van der Waals surface area contributed by atoms with Crippen molar-refractivity contribution in [2.75, 3.05) is 32.3 Å². The predicted molar refractivity (Wildman–Crippen MR) is 163 cm³/mol. The van der Waals surface area contributed by atoms with Crippen molar-refractivity contribution in [3.8, 4) is 11.9 Å². The summed E-state index contributed by atoms with van der Waals surface area (Å²) < 4.78 is 32.0. The van der Waals surface area contributed by atoms with Crippen LogP contribution in [0.1, 0.15) is 40.3 Å².